The number of aromatic nitrogens is 2. The molecule has 2 aromatic carbocycles. The van der Waals surface area contributed by atoms with E-state index in [9.17, 15) is 14.4 Å². The summed E-state index contributed by atoms with van der Waals surface area (Å²) in [5.41, 5.74) is 0.614. The van der Waals surface area contributed by atoms with Crippen molar-refractivity contribution in [2.75, 3.05) is 11.9 Å². The van der Waals surface area contributed by atoms with E-state index >= 15 is 0 Å². The first-order valence-corrected chi connectivity index (χ1v) is 10.1. The molecule has 7 nitrogen and oxygen atoms in total. The number of benzene rings is 2. The average Bonchev–Trinajstić information content (AvgIpc) is 2.77. The van der Waals surface area contributed by atoms with Crippen molar-refractivity contribution in [2.24, 2.45) is 0 Å². The fourth-order valence-electron chi connectivity index (χ4n) is 3.37. The fraction of sp³-hybridized carbons (Fsp3) is 0.304. The maximum absolute atomic E-state index is 13.5. The van der Waals surface area contributed by atoms with E-state index in [0.717, 1.165) is 0 Å². The summed E-state index contributed by atoms with van der Waals surface area (Å²) in [4.78, 5) is 40.4. The Morgan fingerprint density at radius 2 is 1.67 bits per heavy atom. The number of aryl methyl sites for hydroxylation is 1. The monoisotopic (exact) mass is 406 g/mol. The average molecular weight is 406 g/mol. The van der Waals surface area contributed by atoms with Gasteiger partial charge in [0.25, 0.3) is 11.5 Å². The van der Waals surface area contributed by atoms with E-state index < -0.39 is 6.04 Å². The van der Waals surface area contributed by atoms with Crippen LogP contribution in [0.1, 0.15) is 37.7 Å². The summed E-state index contributed by atoms with van der Waals surface area (Å²) in [6, 6.07) is 15.4. The highest BCUT2D eigenvalue weighted by Gasteiger charge is 2.29. The fourth-order valence-corrected chi connectivity index (χ4v) is 3.37. The molecular formula is C23H26N4O3. The molecule has 1 N–H and O–H groups in total. The van der Waals surface area contributed by atoms with Crippen LogP contribution in [0.4, 0.5) is 5.69 Å². The van der Waals surface area contributed by atoms with Gasteiger partial charge in [-0.2, -0.15) is 5.10 Å². The smallest absolute Gasteiger partial charge is 0.275 e. The van der Waals surface area contributed by atoms with Gasteiger partial charge in [0.05, 0.1) is 5.39 Å². The molecule has 1 atom stereocenters. The summed E-state index contributed by atoms with van der Waals surface area (Å²) >= 11 is 0. The lowest BCUT2D eigenvalue weighted by atomic mass is 10.1. The largest absolute Gasteiger partial charge is 0.325 e. The van der Waals surface area contributed by atoms with Crippen molar-refractivity contribution < 1.29 is 9.59 Å². The van der Waals surface area contributed by atoms with Crippen molar-refractivity contribution >= 4 is 28.3 Å². The van der Waals surface area contributed by atoms with Crippen LogP contribution in [0.5, 0.6) is 0 Å². The van der Waals surface area contributed by atoms with Gasteiger partial charge < -0.3 is 10.2 Å². The first-order valence-electron chi connectivity index (χ1n) is 10.1. The van der Waals surface area contributed by atoms with Crippen LogP contribution in [0.15, 0.2) is 59.4 Å². The van der Waals surface area contributed by atoms with Crippen molar-refractivity contribution in [3.63, 3.8) is 0 Å². The van der Waals surface area contributed by atoms with Gasteiger partial charge in [0.2, 0.25) is 5.91 Å². The van der Waals surface area contributed by atoms with Gasteiger partial charge in [0.1, 0.15) is 6.04 Å². The number of anilines is 1. The number of fused-ring (bicyclic) bond motifs is 1. The van der Waals surface area contributed by atoms with Crippen LogP contribution < -0.4 is 10.9 Å². The van der Waals surface area contributed by atoms with Crippen LogP contribution in [0.25, 0.3) is 10.8 Å². The molecule has 0 saturated carbocycles. The van der Waals surface area contributed by atoms with Crippen LogP contribution in [0.2, 0.25) is 0 Å². The first-order chi connectivity index (χ1) is 14.5. The molecular weight excluding hydrogens is 380 g/mol. The Morgan fingerprint density at radius 1 is 1.03 bits per heavy atom. The van der Waals surface area contributed by atoms with Crippen LogP contribution in [0, 0.1) is 0 Å². The SMILES string of the molecule is CCCN(C(=O)c1nn(CC)c(=O)c2ccccc12)C(C)C(=O)Nc1ccccc1. The second-order valence-electron chi connectivity index (χ2n) is 7.04. The minimum Gasteiger partial charge on any atom is -0.325 e. The lowest BCUT2D eigenvalue weighted by Crippen LogP contribution is -2.46. The number of amides is 2. The molecule has 1 unspecified atom stereocenters. The van der Waals surface area contributed by atoms with Gasteiger partial charge in [-0.15, -0.1) is 0 Å². The molecule has 1 aromatic heterocycles. The number of carbonyl (C=O) groups excluding carboxylic acids is 2. The third kappa shape index (κ3) is 4.25. The molecule has 3 rings (SSSR count). The Labute approximate surface area is 175 Å². The Morgan fingerprint density at radius 3 is 2.30 bits per heavy atom. The molecule has 2 amide bonds. The second kappa shape index (κ2) is 9.35. The maximum atomic E-state index is 13.5. The molecule has 0 aliphatic rings. The molecule has 156 valence electrons. The zero-order chi connectivity index (χ0) is 21.7. The summed E-state index contributed by atoms with van der Waals surface area (Å²) in [7, 11) is 0. The van der Waals surface area contributed by atoms with Gasteiger partial charge in [-0.05, 0) is 38.5 Å². The summed E-state index contributed by atoms with van der Waals surface area (Å²) in [5, 5.41) is 8.11. The number of carbonyl (C=O) groups is 2. The third-order valence-corrected chi connectivity index (χ3v) is 4.98. The van der Waals surface area contributed by atoms with E-state index in [1.807, 2.05) is 25.1 Å². The van der Waals surface area contributed by atoms with Gasteiger partial charge in [-0.25, -0.2) is 4.68 Å². The van der Waals surface area contributed by atoms with Crippen LogP contribution in [-0.4, -0.2) is 39.1 Å². The quantitative estimate of drug-likeness (QED) is 0.652. The van der Waals surface area contributed by atoms with Crippen LogP contribution in [0.3, 0.4) is 0 Å². The Hall–Kier alpha value is -3.48. The highest BCUT2D eigenvalue weighted by Crippen LogP contribution is 2.18. The van der Waals surface area contributed by atoms with E-state index in [0.29, 0.717) is 36.0 Å². The third-order valence-electron chi connectivity index (χ3n) is 4.98. The molecule has 0 aliphatic carbocycles. The Kier molecular flexibility index (Phi) is 6.61. The number of hydrogen-bond acceptors (Lipinski definition) is 4. The van der Waals surface area contributed by atoms with Crippen molar-refractivity contribution in [1.82, 2.24) is 14.7 Å². The van der Waals surface area contributed by atoms with Crippen LogP contribution >= 0.6 is 0 Å². The molecule has 0 spiro atoms. The number of nitrogens with zero attached hydrogens (tertiary/aromatic N) is 3. The minimum atomic E-state index is -0.708. The normalized spacial score (nSPS) is 11.8. The molecule has 0 saturated heterocycles. The predicted molar refractivity (Wildman–Crippen MR) is 118 cm³/mol. The minimum absolute atomic E-state index is 0.180. The van der Waals surface area contributed by atoms with Crippen molar-refractivity contribution in [3.05, 3.63) is 70.6 Å². The van der Waals surface area contributed by atoms with Crippen molar-refractivity contribution in [2.45, 2.75) is 39.8 Å². The molecule has 0 radical (unpaired) electrons. The zero-order valence-corrected chi connectivity index (χ0v) is 17.5. The number of hydrogen-bond donors (Lipinski definition) is 1. The highest BCUT2D eigenvalue weighted by atomic mass is 16.2. The lowest BCUT2D eigenvalue weighted by molar-refractivity contribution is -0.120. The number of rotatable bonds is 7. The van der Waals surface area contributed by atoms with Gasteiger partial charge in [0.15, 0.2) is 5.69 Å². The lowest BCUT2D eigenvalue weighted by Gasteiger charge is -2.28. The maximum Gasteiger partial charge on any atom is 0.275 e. The topological polar surface area (TPSA) is 84.3 Å². The van der Waals surface area contributed by atoms with Gasteiger partial charge in [0, 0.05) is 24.2 Å². The van der Waals surface area contributed by atoms with E-state index in [2.05, 4.69) is 10.4 Å². The summed E-state index contributed by atoms with van der Waals surface area (Å²) in [6.45, 7) is 6.19. The van der Waals surface area contributed by atoms with Gasteiger partial charge >= 0.3 is 0 Å². The molecule has 0 bridgehead atoms. The summed E-state index contributed by atoms with van der Waals surface area (Å²) < 4.78 is 1.29. The number of nitrogens with one attached hydrogen (secondary N) is 1. The molecule has 1 heterocycles. The van der Waals surface area contributed by atoms with Crippen molar-refractivity contribution in [1.29, 1.82) is 0 Å². The second-order valence-corrected chi connectivity index (χ2v) is 7.04. The van der Waals surface area contributed by atoms with Crippen LogP contribution in [-0.2, 0) is 11.3 Å². The first kappa shape index (κ1) is 21.2. The zero-order valence-electron chi connectivity index (χ0n) is 17.5. The van der Waals surface area contributed by atoms with Gasteiger partial charge in [-0.3, -0.25) is 14.4 Å². The Balaban J connectivity index is 1.98. The molecule has 3 aromatic rings. The highest BCUT2D eigenvalue weighted by molar-refractivity contribution is 6.07. The Bertz CT molecular complexity index is 1110. The number of para-hydroxylation sites is 1. The standard InChI is InChI=1S/C23H26N4O3/c1-4-15-26(16(3)21(28)24-17-11-7-6-8-12-17)23(30)20-18-13-9-10-14-19(18)22(29)27(5-2)25-20/h6-14,16H,4-5,15H2,1-3H3,(H,24,28). The molecule has 0 aliphatic heterocycles. The van der Waals surface area contributed by atoms with E-state index in [1.165, 1.54) is 9.58 Å². The molecule has 7 heteroatoms. The van der Waals surface area contributed by atoms with E-state index in [-0.39, 0.29) is 23.1 Å². The predicted octanol–water partition coefficient (Wildman–Crippen LogP) is 3.30. The molecule has 30 heavy (non-hydrogen) atoms. The summed E-state index contributed by atoms with van der Waals surface area (Å²) in [6.07, 6.45) is 0.681. The van der Waals surface area contributed by atoms with E-state index in [1.54, 1.807) is 50.2 Å². The summed E-state index contributed by atoms with van der Waals surface area (Å²) in [5.74, 6) is -0.651. The van der Waals surface area contributed by atoms with Crippen molar-refractivity contribution in [3.8, 4) is 0 Å². The van der Waals surface area contributed by atoms with Gasteiger partial charge in [-0.1, -0.05) is 43.3 Å². The van der Waals surface area contributed by atoms with E-state index in [4.69, 9.17) is 0 Å². The molecule has 0 fully saturated rings.